The minimum absolute atomic E-state index is 0.929. The molecule has 0 saturated heterocycles. The maximum Gasteiger partial charge on any atom is 0.114 e. The fraction of sp³-hybridized carbons (Fsp3) is 0.0112. The fourth-order valence-electron chi connectivity index (χ4n) is 16.7. The molecule has 0 unspecified atom stereocenters. The van der Waals surface area contributed by atoms with Gasteiger partial charge in [0.15, 0.2) is 0 Å². The predicted octanol–water partition coefficient (Wildman–Crippen LogP) is 25.4. The smallest absolute Gasteiger partial charge is 0.114 e. The minimum atomic E-state index is -1.06. The maximum atomic E-state index is 5.88. The van der Waals surface area contributed by atoms with E-state index in [1.165, 1.54) is 0 Å². The predicted molar refractivity (Wildman–Crippen MR) is 405 cm³/mol. The van der Waals surface area contributed by atoms with Gasteiger partial charge in [-0.2, -0.15) is 0 Å². The van der Waals surface area contributed by atoms with Gasteiger partial charge in [0, 0.05) is 47.0 Å². The van der Waals surface area contributed by atoms with Gasteiger partial charge in [-0.05, 0) is 167 Å². The Morgan fingerprint density at radius 2 is 0.356 bits per heavy atom. The number of hydrogen-bond donors (Lipinski definition) is 0. The van der Waals surface area contributed by atoms with Crippen LogP contribution in [0, 0.1) is 0 Å². The Morgan fingerprint density at radius 3 is 0.545 bits per heavy atom. The third-order valence-corrected chi connectivity index (χ3v) is 20.6. The molecule has 1 aliphatic carbocycles. The van der Waals surface area contributed by atoms with Crippen molar-refractivity contribution < 1.29 is 17.7 Å². The third-order valence-electron chi connectivity index (χ3n) is 20.6. The molecule has 8 heterocycles. The van der Waals surface area contributed by atoms with E-state index < -0.39 is 5.41 Å². The topological polar surface area (TPSA) is 78.5 Å². The minimum Gasteiger partial charge on any atom is -0.470 e. The van der Waals surface area contributed by atoms with Crippen LogP contribution in [0.1, 0.15) is 22.3 Å². The fourth-order valence-corrected chi connectivity index (χ4v) is 16.7. The lowest BCUT2D eigenvalue weighted by Gasteiger charge is -2.43. The van der Waals surface area contributed by atoms with Crippen molar-refractivity contribution in [1.82, 2.24) is 0 Å². The maximum absolute atomic E-state index is 5.88. The first-order chi connectivity index (χ1) is 50.2. The van der Waals surface area contributed by atoms with Crippen molar-refractivity contribution in [3.63, 3.8) is 0 Å². The number of fused-ring (bicyclic) bond motifs is 11. The van der Waals surface area contributed by atoms with Crippen LogP contribution in [0.3, 0.4) is 0 Å². The van der Waals surface area contributed by atoms with E-state index in [1.807, 2.05) is 49.3 Å². The first-order valence-electron chi connectivity index (χ1n) is 33.9. The molecule has 0 fully saturated rings. The zero-order chi connectivity index (χ0) is 66.3. The Hall–Kier alpha value is -13.8. The van der Waals surface area contributed by atoms with Gasteiger partial charge < -0.3 is 56.9 Å². The van der Waals surface area contributed by atoms with Crippen molar-refractivity contribution >= 4 is 136 Å². The highest BCUT2D eigenvalue weighted by atomic mass is 16.3. The molecule has 478 valence electrons. The van der Waals surface area contributed by atoms with Crippen LogP contribution < -0.4 is 39.2 Å². The standard InChI is InChI=1S/C89H58N8O4/c1-3-23-71-69(21-1)70-22-2-4-24-72(70)89(71,59-49-65(94-81-33-13-5-25-73(81)90(61-41-45-98-55-61)74-26-6-14-34-82(74)94)53-66(50-59)95-83-35-15-7-27-75(83)91(62-42-46-99-56-62)76-28-8-16-36-84(76)95)60-51-67(96-85-37-17-9-29-77(85)92(63-43-47-100-57-63)78-30-10-18-38-86(78)96)54-68(52-60)97-87-39-19-11-31-79(87)93(64-44-48-101-58-64)80-32-12-20-40-88(80)97/h1-58H. The van der Waals surface area contributed by atoms with Crippen LogP contribution in [0.5, 0.6) is 0 Å². The van der Waals surface area contributed by atoms with E-state index >= 15 is 0 Å². The number of hydrogen-bond acceptors (Lipinski definition) is 12. The molecule has 0 spiro atoms. The van der Waals surface area contributed by atoms with Crippen molar-refractivity contribution in [3.8, 4) is 11.1 Å². The molecular weight excluding hydrogens is 1250 g/mol. The highest BCUT2D eigenvalue weighted by Crippen LogP contribution is 2.65. The zero-order valence-corrected chi connectivity index (χ0v) is 54.2. The summed E-state index contributed by atoms with van der Waals surface area (Å²) in [6.07, 6.45) is 14.3. The molecule has 4 aromatic heterocycles. The Morgan fingerprint density at radius 1 is 0.178 bits per heavy atom. The second-order valence-electron chi connectivity index (χ2n) is 25.8. The summed E-state index contributed by atoms with van der Waals surface area (Å²) in [5.41, 5.74) is 29.3. The number of anilines is 24. The average Bonchev–Trinajstić information content (AvgIpc) is 1.57. The van der Waals surface area contributed by atoms with Crippen LogP contribution in [0.4, 0.5) is 136 Å². The van der Waals surface area contributed by atoms with Gasteiger partial charge in [-0.25, -0.2) is 0 Å². The molecular formula is C89H58N8O4. The number of nitrogens with zero attached hydrogens (tertiary/aromatic N) is 8. The van der Waals surface area contributed by atoms with Crippen LogP contribution in [0.25, 0.3) is 11.1 Å². The van der Waals surface area contributed by atoms with Crippen molar-refractivity contribution in [2.45, 2.75) is 5.41 Å². The molecule has 0 bridgehead atoms. The molecule has 21 rings (SSSR count). The summed E-state index contributed by atoms with van der Waals surface area (Å²) in [7, 11) is 0. The largest absolute Gasteiger partial charge is 0.470 e. The second kappa shape index (κ2) is 22.1. The van der Waals surface area contributed by atoms with Gasteiger partial charge >= 0.3 is 0 Å². The average molecular weight is 1300 g/mol. The normalized spacial score (nSPS) is 14.1. The molecule has 0 saturated carbocycles. The molecule has 4 aliphatic heterocycles. The van der Waals surface area contributed by atoms with Gasteiger partial charge in [0.2, 0.25) is 0 Å². The third kappa shape index (κ3) is 8.24. The lowest BCUT2D eigenvalue weighted by atomic mass is 9.67. The zero-order valence-electron chi connectivity index (χ0n) is 54.2. The summed E-state index contributed by atoms with van der Waals surface area (Å²) in [5, 5.41) is 0. The molecule has 5 aliphatic rings. The van der Waals surface area contributed by atoms with E-state index in [0.717, 1.165) is 170 Å². The van der Waals surface area contributed by atoms with Crippen LogP contribution in [-0.2, 0) is 5.41 Å². The molecule has 0 radical (unpaired) electrons. The monoisotopic (exact) mass is 1300 g/mol. The summed E-state index contributed by atoms with van der Waals surface area (Å²) in [4.78, 5) is 19.1. The quantitative estimate of drug-likeness (QED) is 0.131. The Labute approximate surface area is 582 Å². The lowest BCUT2D eigenvalue weighted by molar-refractivity contribution is 0.567. The number of para-hydroxylation sites is 16. The van der Waals surface area contributed by atoms with Crippen molar-refractivity contribution in [2.75, 3.05) is 39.2 Å². The van der Waals surface area contributed by atoms with E-state index in [2.05, 4.69) is 318 Å². The van der Waals surface area contributed by atoms with Gasteiger partial charge in [0.05, 0.1) is 144 Å². The number of rotatable bonds is 10. The van der Waals surface area contributed by atoms with Crippen molar-refractivity contribution in [2.24, 2.45) is 0 Å². The molecule has 101 heavy (non-hydrogen) atoms. The first kappa shape index (κ1) is 56.3. The van der Waals surface area contributed by atoms with Crippen LogP contribution in [0.15, 0.2) is 371 Å². The van der Waals surface area contributed by atoms with E-state index in [-0.39, 0.29) is 0 Å². The Balaban J connectivity index is 0.899. The summed E-state index contributed by atoms with van der Waals surface area (Å²) >= 11 is 0. The molecule has 12 heteroatoms. The lowest BCUT2D eigenvalue weighted by Crippen LogP contribution is -2.31. The van der Waals surface area contributed by atoms with Crippen LogP contribution >= 0.6 is 0 Å². The highest BCUT2D eigenvalue weighted by Gasteiger charge is 2.49. The van der Waals surface area contributed by atoms with Crippen LogP contribution in [-0.4, -0.2) is 0 Å². The number of benzene rings is 12. The summed E-state index contributed by atoms with van der Waals surface area (Å²) in [6, 6.07) is 111. The van der Waals surface area contributed by atoms with E-state index in [0.29, 0.717) is 0 Å². The van der Waals surface area contributed by atoms with E-state index in [9.17, 15) is 0 Å². The molecule has 0 N–H and O–H groups in total. The summed E-state index contributed by atoms with van der Waals surface area (Å²) in [6.45, 7) is 0. The van der Waals surface area contributed by atoms with Gasteiger partial charge in [-0.1, -0.05) is 146 Å². The van der Waals surface area contributed by atoms with Crippen LogP contribution in [0.2, 0.25) is 0 Å². The van der Waals surface area contributed by atoms with E-state index in [4.69, 9.17) is 17.7 Å². The molecule has 0 amide bonds. The van der Waals surface area contributed by atoms with Crippen molar-refractivity contribution in [1.29, 1.82) is 0 Å². The highest BCUT2D eigenvalue weighted by molar-refractivity contribution is 6.08. The second-order valence-corrected chi connectivity index (χ2v) is 25.8. The molecule has 12 aromatic carbocycles. The van der Waals surface area contributed by atoms with Gasteiger partial charge in [-0.15, -0.1) is 0 Å². The molecule has 0 atom stereocenters. The SMILES string of the molecule is c1ccc2c(c1)-c1ccccc1C2(c1cc(N2c3ccccc3N(c3ccoc3)c3ccccc32)cc(N2c3ccccc3N(c3ccoc3)c3ccccc32)c1)c1cc(N2c3ccccc3N(c3ccoc3)c3ccccc32)cc(N2c3ccccc3N(c3ccoc3)c3ccccc32)c1. The van der Waals surface area contributed by atoms with Gasteiger partial charge in [0.25, 0.3) is 0 Å². The first-order valence-corrected chi connectivity index (χ1v) is 33.9. The van der Waals surface area contributed by atoms with Crippen molar-refractivity contribution in [3.05, 3.63) is 376 Å². The molecule has 16 aromatic rings. The van der Waals surface area contributed by atoms with E-state index in [1.54, 1.807) is 25.1 Å². The molecule has 12 nitrogen and oxygen atoms in total. The van der Waals surface area contributed by atoms with Gasteiger partial charge in [-0.3, -0.25) is 0 Å². The summed E-state index contributed by atoms with van der Waals surface area (Å²) < 4.78 is 23.5. The number of furan rings is 4. The van der Waals surface area contributed by atoms with Gasteiger partial charge in [0.1, 0.15) is 25.1 Å². The Kier molecular flexibility index (Phi) is 12.3. The Bertz CT molecular complexity index is 5050. The summed E-state index contributed by atoms with van der Waals surface area (Å²) in [5.74, 6) is 0.